The fraction of sp³-hybridized carbons (Fsp3) is 0.125. The number of allylic oxidation sites excluding steroid dienone is 4. The van der Waals surface area contributed by atoms with Crippen molar-refractivity contribution in [3.63, 3.8) is 0 Å². The molecular weight excluding hydrogens is 546 g/mol. The maximum atomic E-state index is 2.57. The zero-order valence-corrected chi connectivity index (χ0v) is 23.8. The molecule has 2 unspecified atom stereocenters. The number of hydrogen-bond donors (Lipinski definition) is 0. The molecule has 4 aromatic rings. The molecule has 0 N–H and O–H groups in total. The maximum Gasteiger partial charge on any atom is -1.00 e. The van der Waals surface area contributed by atoms with E-state index in [4.69, 9.17) is 0 Å². The molecule has 172 valence electrons. The first-order valence-corrected chi connectivity index (χ1v) is 14.5. The minimum Gasteiger partial charge on any atom is -1.00 e. The molecule has 2 aliphatic rings. The van der Waals surface area contributed by atoms with Crippen molar-refractivity contribution in [1.29, 1.82) is 0 Å². The van der Waals surface area contributed by atoms with Gasteiger partial charge in [0.1, 0.15) is 0 Å². The van der Waals surface area contributed by atoms with Crippen molar-refractivity contribution < 1.29 is 48.0 Å². The number of halogens is 2. The Morgan fingerprint density at radius 1 is 0.486 bits per heavy atom. The largest absolute Gasteiger partial charge is 1.00 e. The summed E-state index contributed by atoms with van der Waals surface area (Å²) in [5.41, 5.74) is 14.4. The van der Waals surface area contributed by atoms with Crippen LogP contribution >= 0.6 is 0 Å². The van der Waals surface area contributed by atoms with Crippen molar-refractivity contribution in [3.8, 4) is 22.3 Å². The molecule has 0 amide bonds. The minimum absolute atomic E-state index is 0. The number of fused-ring (bicyclic) bond motifs is 2. The molecular formula is C32H26Cl2Zr. The summed E-state index contributed by atoms with van der Waals surface area (Å²) in [5.74, 6) is 0. The van der Waals surface area contributed by atoms with Crippen molar-refractivity contribution in [1.82, 2.24) is 0 Å². The van der Waals surface area contributed by atoms with Gasteiger partial charge in [-0.1, -0.05) is 0 Å². The van der Waals surface area contributed by atoms with Gasteiger partial charge in [0.05, 0.1) is 0 Å². The molecule has 0 aliphatic heterocycles. The maximum absolute atomic E-state index is 2.57. The topological polar surface area (TPSA) is 0 Å². The Bertz CT molecular complexity index is 1300. The van der Waals surface area contributed by atoms with Crippen LogP contribution in [0.5, 0.6) is 0 Å². The second-order valence-electron chi connectivity index (χ2n) is 9.09. The molecule has 35 heavy (non-hydrogen) atoms. The Morgan fingerprint density at radius 3 is 1.29 bits per heavy atom. The van der Waals surface area contributed by atoms with E-state index < -0.39 is 23.2 Å². The average Bonchev–Trinajstić information content (AvgIpc) is 3.36. The van der Waals surface area contributed by atoms with E-state index in [1.54, 1.807) is 11.1 Å². The molecule has 0 spiro atoms. The molecule has 0 heterocycles. The molecule has 0 bridgehead atoms. The third-order valence-electron chi connectivity index (χ3n) is 7.01. The van der Waals surface area contributed by atoms with E-state index in [0.29, 0.717) is 7.25 Å². The third kappa shape index (κ3) is 4.67. The monoisotopic (exact) mass is 570 g/mol. The summed E-state index contributed by atoms with van der Waals surface area (Å²) in [6, 6.07) is 35.6. The number of benzene rings is 4. The summed E-state index contributed by atoms with van der Waals surface area (Å²) >= 11 is -0.815. The molecule has 2 aliphatic carbocycles. The normalized spacial score (nSPS) is 17.2. The van der Waals surface area contributed by atoms with E-state index in [1.165, 1.54) is 44.5 Å². The predicted octanol–water partition coefficient (Wildman–Crippen LogP) is 2.73. The summed E-state index contributed by atoms with van der Waals surface area (Å²) in [5, 5.41) is 0. The van der Waals surface area contributed by atoms with Crippen molar-refractivity contribution in [2.45, 2.75) is 21.1 Å². The van der Waals surface area contributed by atoms with E-state index in [-0.39, 0.29) is 24.8 Å². The van der Waals surface area contributed by atoms with Gasteiger partial charge in [0.2, 0.25) is 0 Å². The summed E-state index contributed by atoms with van der Waals surface area (Å²) in [7, 11) is 0. The van der Waals surface area contributed by atoms with Crippen molar-refractivity contribution in [3.05, 3.63) is 131 Å². The van der Waals surface area contributed by atoms with E-state index in [1.807, 2.05) is 0 Å². The predicted molar refractivity (Wildman–Crippen MR) is 137 cm³/mol. The van der Waals surface area contributed by atoms with Gasteiger partial charge in [0.25, 0.3) is 0 Å². The smallest absolute Gasteiger partial charge is 1.00 e. The molecule has 3 heteroatoms. The summed E-state index contributed by atoms with van der Waals surface area (Å²) in [4.78, 5) is 0. The first-order valence-electron chi connectivity index (χ1n) is 11.7. The van der Waals surface area contributed by atoms with Crippen LogP contribution in [0.2, 0.25) is 0 Å². The second kappa shape index (κ2) is 10.8. The van der Waals surface area contributed by atoms with Crippen molar-refractivity contribution >= 4 is 11.1 Å². The molecule has 0 aromatic heterocycles. The fourth-order valence-corrected chi connectivity index (χ4v) is 10.3. The van der Waals surface area contributed by atoms with Crippen LogP contribution < -0.4 is 24.8 Å². The van der Waals surface area contributed by atoms with Gasteiger partial charge in [0, 0.05) is 0 Å². The molecule has 0 fully saturated rings. The average molecular weight is 573 g/mol. The van der Waals surface area contributed by atoms with Gasteiger partial charge < -0.3 is 24.8 Å². The molecule has 6 rings (SSSR count). The van der Waals surface area contributed by atoms with Crippen LogP contribution in [0.3, 0.4) is 0 Å². The van der Waals surface area contributed by atoms with Crippen LogP contribution in [0.1, 0.15) is 43.4 Å². The van der Waals surface area contributed by atoms with Crippen molar-refractivity contribution in [2.24, 2.45) is 0 Å². The standard InChI is InChI=1S/2C16H13.2ClH.Zr/c2*1-12-10-11-14-8-5-9-15(16(12)14)13-6-3-2-4-7-13;;;/h2*2-11H,1H3;2*1H;/q;;;;+2/p-2. The summed E-state index contributed by atoms with van der Waals surface area (Å²) in [6.45, 7) is 4.61. The van der Waals surface area contributed by atoms with Gasteiger partial charge in [-0.25, -0.2) is 0 Å². The van der Waals surface area contributed by atoms with Gasteiger partial charge in [-0.2, -0.15) is 0 Å². The molecule has 4 aromatic carbocycles. The van der Waals surface area contributed by atoms with Gasteiger partial charge >= 0.3 is 209 Å². The van der Waals surface area contributed by atoms with Crippen LogP contribution in [0.15, 0.2) is 109 Å². The molecule has 0 nitrogen and oxygen atoms in total. The van der Waals surface area contributed by atoms with Crippen LogP contribution in [-0.2, 0) is 23.2 Å². The van der Waals surface area contributed by atoms with Gasteiger partial charge in [-0.05, 0) is 0 Å². The number of rotatable bonds is 4. The first kappa shape index (κ1) is 25.9. The molecule has 2 atom stereocenters. The van der Waals surface area contributed by atoms with Crippen molar-refractivity contribution in [2.75, 3.05) is 0 Å². The molecule has 0 saturated heterocycles. The van der Waals surface area contributed by atoms with Gasteiger partial charge in [-0.3, -0.25) is 0 Å². The Hall–Kier alpha value is -2.18. The zero-order valence-electron chi connectivity index (χ0n) is 19.8. The first-order chi connectivity index (χ1) is 16.2. The van der Waals surface area contributed by atoms with E-state index in [9.17, 15) is 0 Å². The Labute approximate surface area is 232 Å². The minimum atomic E-state index is -0.815. The second-order valence-corrected chi connectivity index (χ2v) is 13.0. The zero-order chi connectivity index (χ0) is 22.4. The van der Waals surface area contributed by atoms with Crippen LogP contribution in [0, 0.1) is 0 Å². The SMILES string of the molecule is CC1=C[CH]([Zr+2][CH]2C=C(C)c3c(-c4ccccc4)cccc32)c2cccc(-c3ccccc3)c21.[Cl-].[Cl-]. The van der Waals surface area contributed by atoms with Gasteiger partial charge in [0.15, 0.2) is 0 Å². The van der Waals surface area contributed by atoms with Gasteiger partial charge in [-0.15, -0.1) is 0 Å². The van der Waals surface area contributed by atoms with Crippen LogP contribution in [0.4, 0.5) is 0 Å². The molecule has 0 radical (unpaired) electrons. The Kier molecular flexibility index (Phi) is 8.02. The van der Waals surface area contributed by atoms with E-state index >= 15 is 0 Å². The Morgan fingerprint density at radius 2 is 0.886 bits per heavy atom. The summed E-state index contributed by atoms with van der Waals surface area (Å²) in [6.07, 6.45) is 5.15. The quantitative estimate of drug-likeness (QED) is 0.353. The van der Waals surface area contributed by atoms with Crippen LogP contribution in [-0.4, -0.2) is 0 Å². The fourth-order valence-electron chi connectivity index (χ4n) is 5.57. The van der Waals surface area contributed by atoms with E-state index in [2.05, 4.69) is 123 Å². The Balaban J connectivity index is 0.00000144. The third-order valence-corrected chi connectivity index (χ3v) is 11.1. The summed E-state index contributed by atoms with van der Waals surface area (Å²) < 4.78 is 1.24. The van der Waals surface area contributed by atoms with E-state index in [0.717, 1.165) is 0 Å². The van der Waals surface area contributed by atoms with Crippen LogP contribution in [0.25, 0.3) is 33.4 Å². The number of hydrogen-bond acceptors (Lipinski definition) is 0. The molecule has 0 saturated carbocycles.